The summed E-state index contributed by atoms with van der Waals surface area (Å²) in [7, 11) is 0. The highest BCUT2D eigenvalue weighted by Crippen LogP contribution is 2.25. The van der Waals surface area contributed by atoms with Crippen molar-refractivity contribution in [3.05, 3.63) is 53.6 Å². The molecule has 0 radical (unpaired) electrons. The predicted octanol–water partition coefficient (Wildman–Crippen LogP) is 2.93. The Hall–Kier alpha value is -3.92. The summed E-state index contributed by atoms with van der Waals surface area (Å²) in [5.41, 5.74) is 6.90. The lowest BCUT2D eigenvalue weighted by molar-refractivity contribution is -0.143. The fourth-order valence-electron chi connectivity index (χ4n) is 4.57. The average molecular weight is 554 g/mol. The third-order valence-corrected chi connectivity index (χ3v) is 7.12. The van der Waals surface area contributed by atoms with Crippen molar-refractivity contribution in [2.24, 2.45) is 17.6 Å². The molecule has 1 heterocycles. The minimum Gasteiger partial charge on any atom is -0.508 e. The summed E-state index contributed by atoms with van der Waals surface area (Å²) < 4.78 is 5.54. The van der Waals surface area contributed by atoms with E-state index >= 15 is 0 Å². The van der Waals surface area contributed by atoms with Crippen molar-refractivity contribution in [1.29, 1.82) is 0 Å². The van der Waals surface area contributed by atoms with E-state index in [0.29, 0.717) is 25.8 Å². The monoisotopic (exact) mass is 553 g/mol. The number of nitrogens with one attached hydrogen (secondary N) is 1. The first kappa shape index (κ1) is 30.6. The molecule has 1 aliphatic heterocycles. The number of nitrogens with zero attached hydrogens (tertiary/aromatic N) is 1. The molecule has 2 amide bonds. The van der Waals surface area contributed by atoms with Crippen molar-refractivity contribution in [2.75, 3.05) is 6.54 Å². The van der Waals surface area contributed by atoms with Gasteiger partial charge in [-0.25, -0.2) is 4.79 Å². The van der Waals surface area contributed by atoms with Crippen molar-refractivity contribution in [1.82, 2.24) is 10.2 Å². The number of aromatic hydroxyl groups is 2. The van der Waals surface area contributed by atoms with Gasteiger partial charge < -0.3 is 30.9 Å². The molecule has 10 heteroatoms. The number of amides is 2. The number of hydrogen-bond donors (Lipinski definition) is 4. The molecule has 1 aliphatic rings. The lowest BCUT2D eigenvalue weighted by Crippen LogP contribution is -2.56. The van der Waals surface area contributed by atoms with Crippen LogP contribution in [0.1, 0.15) is 62.9 Å². The van der Waals surface area contributed by atoms with Crippen LogP contribution in [0.25, 0.3) is 0 Å². The molecule has 40 heavy (non-hydrogen) atoms. The highest BCUT2D eigenvalue weighted by Gasteiger charge is 2.38. The van der Waals surface area contributed by atoms with Crippen LogP contribution in [0.2, 0.25) is 0 Å². The van der Waals surface area contributed by atoms with Crippen LogP contribution in [0.3, 0.4) is 0 Å². The van der Waals surface area contributed by atoms with Gasteiger partial charge in [-0.05, 0) is 67.0 Å². The molecule has 1 saturated heterocycles. The van der Waals surface area contributed by atoms with Crippen LogP contribution in [-0.2, 0) is 20.8 Å². The zero-order valence-corrected chi connectivity index (χ0v) is 23.4. The zero-order valence-electron chi connectivity index (χ0n) is 23.4. The molecule has 5 N–H and O–H groups in total. The number of ether oxygens (including phenoxy) is 1. The van der Waals surface area contributed by atoms with E-state index in [2.05, 4.69) is 5.32 Å². The van der Waals surface area contributed by atoms with Crippen molar-refractivity contribution in [2.45, 2.75) is 71.5 Å². The molecular formula is C30H39N3O7. The number of benzene rings is 2. The topological polar surface area (TPSA) is 159 Å². The molecule has 3 rings (SSSR count). The van der Waals surface area contributed by atoms with Crippen LogP contribution in [0.4, 0.5) is 0 Å². The van der Waals surface area contributed by atoms with Crippen LogP contribution in [0.5, 0.6) is 17.2 Å². The quantitative estimate of drug-likeness (QED) is 0.143. The smallest absolute Gasteiger partial charge is 0.334 e. The SMILES string of the molecule is CC(C)C(N)C(=O)N1CCC[C@H]1C(=O)N[C@H](C(=O)Oc1ccc(CCC(=O)c2cc(O)ccc2O)cc1)C(C)C. The minimum absolute atomic E-state index is 0.0557. The van der Waals surface area contributed by atoms with Crippen LogP contribution < -0.4 is 15.8 Å². The summed E-state index contributed by atoms with van der Waals surface area (Å²) >= 11 is 0. The number of nitrogens with two attached hydrogens (primary N) is 1. The highest BCUT2D eigenvalue weighted by molar-refractivity contribution is 5.99. The van der Waals surface area contributed by atoms with Gasteiger partial charge in [0.25, 0.3) is 0 Å². The molecule has 0 aliphatic carbocycles. The molecule has 216 valence electrons. The average Bonchev–Trinajstić information content (AvgIpc) is 3.41. The molecule has 3 atom stereocenters. The number of carbonyl (C=O) groups is 4. The minimum atomic E-state index is -0.920. The summed E-state index contributed by atoms with van der Waals surface area (Å²) in [4.78, 5) is 52.9. The molecule has 0 spiro atoms. The Morgan fingerprint density at radius 1 is 1.02 bits per heavy atom. The molecule has 1 unspecified atom stereocenters. The largest absolute Gasteiger partial charge is 0.508 e. The van der Waals surface area contributed by atoms with Gasteiger partial charge in [0.1, 0.15) is 29.3 Å². The number of phenolic OH excluding ortho intramolecular Hbond substituents is 2. The summed E-state index contributed by atoms with van der Waals surface area (Å²) in [6, 6.07) is 8.15. The van der Waals surface area contributed by atoms with E-state index in [1.165, 1.54) is 23.1 Å². The molecule has 2 aromatic rings. The van der Waals surface area contributed by atoms with E-state index in [0.717, 1.165) is 5.56 Å². The second-order valence-electron chi connectivity index (χ2n) is 10.9. The maximum Gasteiger partial charge on any atom is 0.334 e. The van der Waals surface area contributed by atoms with E-state index in [1.807, 2.05) is 13.8 Å². The summed E-state index contributed by atoms with van der Waals surface area (Å²) in [5, 5.41) is 22.2. The lowest BCUT2D eigenvalue weighted by atomic mass is 10.0. The Kier molecular flexibility index (Phi) is 10.3. The van der Waals surface area contributed by atoms with Crippen molar-refractivity contribution >= 4 is 23.6 Å². The van der Waals surface area contributed by atoms with Gasteiger partial charge in [0.2, 0.25) is 11.8 Å². The zero-order chi connectivity index (χ0) is 29.6. The van der Waals surface area contributed by atoms with Crippen LogP contribution in [-0.4, -0.2) is 63.4 Å². The molecule has 0 saturated carbocycles. The number of likely N-dealkylation sites (tertiary alicyclic amines) is 1. The van der Waals surface area contributed by atoms with E-state index in [-0.39, 0.29) is 52.8 Å². The molecular weight excluding hydrogens is 514 g/mol. The number of esters is 1. The molecule has 10 nitrogen and oxygen atoms in total. The van der Waals surface area contributed by atoms with E-state index in [1.54, 1.807) is 38.1 Å². The first-order chi connectivity index (χ1) is 18.9. The Morgan fingerprint density at radius 3 is 2.33 bits per heavy atom. The van der Waals surface area contributed by atoms with E-state index in [4.69, 9.17) is 10.5 Å². The Bertz CT molecular complexity index is 1230. The number of ketones is 1. The van der Waals surface area contributed by atoms with Gasteiger partial charge in [-0.3, -0.25) is 14.4 Å². The maximum atomic E-state index is 13.1. The number of Topliss-reactive ketones (excluding diaryl/α,β-unsaturated/α-hetero) is 1. The van der Waals surface area contributed by atoms with Crippen molar-refractivity contribution in [3.63, 3.8) is 0 Å². The predicted molar refractivity (Wildman–Crippen MR) is 149 cm³/mol. The number of carbonyl (C=O) groups excluding carboxylic acids is 4. The van der Waals surface area contributed by atoms with Gasteiger partial charge in [-0.2, -0.15) is 0 Å². The molecule has 0 bridgehead atoms. The Labute approximate surface area is 234 Å². The van der Waals surface area contributed by atoms with E-state index < -0.39 is 30.0 Å². The summed E-state index contributed by atoms with van der Waals surface area (Å²) in [6.45, 7) is 7.74. The van der Waals surface area contributed by atoms with Gasteiger partial charge in [0.15, 0.2) is 5.78 Å². The first-order valence-corrected chi connectivity index (χ1v) is 13.6. The first-order valence-electron chi connectivity index (χ1n) is 13.6. The Balaban J connectivity index is 1.58. The second kappa shape index (κ2) is 13.4. The van der Waals surface area contributed by atoms with Gasteiger partial charge in [0, 0.05) is 13.0 Å². The standard InChI is InChI=1S/C30H39N3O7/c1-17(2)26(31)29(38)33-15-5-6-23(33)28(37)32-27(18(3)4)30(39)40-21-11-7-19(8-12-21)9-13-24(35)22-16-20(34)10-14-25(22)36/h7-8,10-12,14,16-18,23,26-27,34,36H,5-6,9,13,15,31H2,1-4H3,(H,32,37)/t23-,26?,27-/m0/s1. The van der Waals surface area contributed by atoms with Crippen molar-refractivity contribution < 1.29 is 34.1 Å². The lowest BCUT2D eigenvalue weighted by Gasteiger charge is -2.29. The molecule has 0 aromatic heterocycles. The second-order valence-corrected chi connectivity index (χ2v) is 10.9. The van der Waals surface area contributed by atoms with Crippen molar-refractivity contribution in [3.8, 4) is 17.2 Å². The normalized spacial score (nSPS) is 16.6. The van der Waals surface area contributed by atoms with Gasteiger partial charge in [-0.1, -0.05) is 39.8 Å². The Morgan fingerprint density at radius 2 is 1.70 bits per heavy atom. The molecule has 2 aromatic carbocycles. The van der Waals surface area contributed by atoms with Gasteiger partial charge >= 0.3 is 5.97 Å². The van der Waals surface area contributed by atoms with Crippen LogP contribution in [0.15, 0.2) is 42.5 Å². The van der Waals surface area contributed by atoms with Gasteiger partial charge in [0.05, 0.1) is 11.6 Å². The number of rotatable bonds is 11. The van der Waals surface area contributed by atoms with E-state index in [9.17, 15) is 29.4 Å². The number of phenols is 2. The summed E-state index contributed by atoms with van der Waals surface area (Å²) in [5.74, 6) is -1.95. The summed E-state index contributed by atoms with van der Waals surface area (Å²) in [6.07, 6.45) is 1.67. The van der Waals surface area contributed by atoms with Crippen LogP contribution >= 0.6 is 0 Å². The maximum absolute atomic E-state index is 13.1. The van der Waals surface area contributed by atoms with Crippen LogP contribution in [0, 0.1) is 11.8 Å². The number of hydrogen-bond acceptors (Lipinski definition) is 8. The third kappa shape index (κ3) is 7.59. The third-order valence-electron chi connectivity index (χ3n) is 7.12. The fourth-order valence-corrected chi connectivity index (χ4v) is 4.57. The fraction of sp³-hybridized carbons (Fsp3) is 0.467. The molecule has 1 fully saturated rings. The van der Waals surface area contributed by atoms with Gasteiger partial charge in [-0.15, -0.1) is 0 Å². The number of aryl methyl sites for hydroxylation is 1. The highest BCUT2D eigenvalue weighted by atomic mass is 16.5.